The van der Waals surface area contributed by atoms with Crippen molar-refractivity contribution in [2.45, 2.75) is 109 Å². The molecule has 0 aliphatic heterocycles. The second kappa shape index (κ2) is 18.9. The highest BCUT2D eigenvalue weighted by molar-refractivity contribution is 7.99. The molecule has 0 aliphatic carbocycles. The van der Waals surface area contributed by atoms with Crippen LogP contribution >= 0.6 is 11.8 Å². The second-order valence-corrected chi connectivity index (χ2v) is 14.8. The van der Waals surface area contributed by atoms with Gasteiger partial charge in [0.2, 0.25) is 0 Å². The molecule has 0 saturated carbocycles. The molecule has 0 atom stereocenters. The van der Waals surface area contributed by atoms with Crippen molar-refractivity contribution in [3.63, 3.8) is 0 Å². The smallest absolute Gasteiger partial charge is 0.191 e. The first kappa shape index (κ1) is 36.6. The van der Waals surface area contributed by atoms with Crippen LogP contribution in [0, 0.1) is 0 Å². The van der Waals surface area contributed by atoms with E-state index in [1.165, 1.54) is 104 Å². The van der Waals surface area contributed by atoms with Crippen LogP contribution < -0.4 is 4.74 Å². The zero-order chi connectivity index (χ0) is 35.3. The highest BCUT2D eigenvalue weighted by Crippen LogP contribution is 2.39. The lowest BCUT2D eigenvalue weighted by Crippen LogP contribution is -2.01. The molecule has 0 amide bonds. The van der Waals surface area contributed by atoms with E-state index in [-0.39, 0.29) is 5.75 Å². The first-order valence-electron chi connectivity index (χ1n) is 19.3. The van der Waals surface area contributed by atoms with Crippen molar-refractivity contribution < 1.29 is 9.84 Å². The van der Waals surface area contributed by atoms with Gasteiger partial charge in [-0.3, -0.25) is 0 Å². The summed E-state index contributed by atoms with van der Waals surface area (Å²) in [5, 5.41) is 19.0. The van der Waals surface area contributed by atoms with Crippen molar-refractivity contribution in [1.82, 2.24) is 15.0 Å². The minimum atomic E-state index is 0.112. The predicted octanol–water partition coefficient (Wildman–Crippen LogP) is 13.3. The third kappa shape index (κ3) is 9.59. The van der Waals surface area contributed by atoms with Gasteiger partial charge in [0.25, 0.3) is 0 Å². The summed E-state index contributed by atoms with van der Waals surface area (Å²) in [6.07, 6.45) is 17.6. The van der Waals surface area contributed by atoms with Crippen LogP contribution in [0.4, 0.5) is 0 Å². The minimum Gasteiger partial charge on any atom is -0.507 e. The molecule has 6 aromatic rings. The van der Waals surface area contributed by atoms with Crippen molar-refractivity contribution in [3.8, 4) is 34.3 Å². The van der Waals surface area contributed by atoms with Crippen LogP contribution in [0.25, 0.3) is 55.1 Å². The van der Waals surface area contributed by atoms with E-state index in [0.717, 1.165) is 29.5 Å². The van der Waals surface area contributed by atoms with Gasteiger partial charge < -0.3 is 9.84 Å². The van der Waals surface area contributed by atoms with Gasteiger partial charge >= 0.3 is 0 Å². The van der Waals surface area contributed by atoms with Crippen molar-refractivity contribution in [2.75, 3.05) is 12.4 Å². The van der Waals surface area contributed by atoms with Crippen LogP contribution in [0.2, 0.25) is 0 Å². The Morgan fingerprint density at radius 1 is 0.529 bits per heavy atom. The molecule has 1 N–H and O–H groups in total. The first-order valence-corrected chi connectivity index (χ1v) is 20.3. The largest absolute Gasteiger partial charge is 0.507 e. The average molecular weight is 700 g/mol. The van der Waals surface area contributed by atoms with Crippen LogP contribution in [0.15, 0.2) is 90.1 Å². The maximum atomic E-state index is 11.3. The van der Waals surface area contributed by atoms with Crippen LogP contribution in [0.1, 0.15) is 104 Å². The Bertz CT molecular complexity index is 2030. The predicted molar refractivity (Wildman–Crippen MR) is 217 cm³/mol. The van der Waals surface area contributed by atoms with Crippen LogP contribution in [-0.4, -0.2) is 32.4 Å². The van der Waals surface area contributed by atoms with E-state index in [9.17, 15) is 5.11 Å². The van der Waals surface area contributed by atoms with Gasteiger partial charge in [-0.05, 0) is 63.4 Å². The number of rotatable bonds is 20. The molecular weight excluding hydrogens is 647 g/mol. The summed E-state index contributed by atoms with van der Waals surface area (Å²) in [4.78, 5) is 15.0. The van der Waals surface area contributed by atoms with E-state index in [1.807, 2.05) is 12.1 Å². The molecule has 266 valence electrons. The Balaban J connectivity index is 1.24. The molecule has 0 fully saturated rings. The lowest BCUT2D eigenvalue weighted by molar-refractivity contribution is 0.302. The summed E-state index contributed by atoms with van der Waals surface area (Å²) in [6, 6.07) is 29.2. The van der Waals surface area contributed by atoms with Crippen molar-refractivity contribution in [3.05, 3.63) is 84.9 Å². The Hall–Kier alpha value is -4.16. The third-order valence-electron chi connectivity index (χ3n) is 9.83. The van der Waals surface area contributed by atoms with Gasteiger partial charge in [-0.25, -0.2) is 15.0 Å². The fourth-order valence-electron chi connectivity index (χ4n) is 6.97. The number of aromatic hydroxyl groups is 1. The topological polar surface area (TPSA) is 68.1 Å². The average Bonchev–Trinajstić information content (AvgIpc) is 3.16. The fourth-order valence-corrected chi connectivity index (χ4v) is 7.80. The fraction of sp³-hybridized carbons (Fsp3) is 0.400. The lowest BCUT2D eigenvalue weighted by atomic mass is 9.93. The van der Waals surface area contributed by atoms with Gasteiger partial charge in [0.1, 0.15) is 11.5 Å². The van der Waals surface area contributed by atoms with Crippen molar-refractivity contribution in [1.29, 1.82) is 0 Å². The quantitative estimate of drug-likeness (QED) is 0.0486. The SMILES string of the molecule is CCCCCCCCCCCCOc1ccc(-c2nc(SCCCCCC)nc(-c3cc4c5ccccc5ccc4c4ccccc34)n2)c(O)c1. The summed E-state index contributed by atoms with van der Waals surface area (Å²) in [7, 11) is 0. The van der Waals surface area contributed by atoms with Crippen LogP contribution in [0.5, 0.6) is 11.5 Å². The zero-order valence-corrected chi connectivity index (χ0v) is 31.3. The molecular formula is C45H53N3O2S. The molecule has 1 heterocycles. The van der Waals surface area contributed by atoms with E-state index in [2.05, 4.69) is 80.6 Å². The van der Waals surface area contributed by atoms with E-state index in [1.54, 1.807) is 17.8 Å². The number of aromatic nitrogens is 3. The number of hydrogen-bond donors (Lipinski definition) is 1. The van der Waals surface area contributed by atoms with E-state index >= 15 is 0 Å². The number of fused-ring (bicyclic) bond motifs is 5. The Morgan fingerprint density at radius 3 is 1.86 bits per heavy atom. The van der Waals surface area contributed by atoms with Gasteiger partial charge in [-0.1, -0.05) is 163 Å². The molecule has 0 spiro atoms. The molecule has 5 nitrogen and oxygen atoms in total. The summed E-state index contributed by atoms with van der Waals surface area (Å²) in [5.41, 5.74) is 1.54. The number of nitrogens with zero attached hydrogens (tertiary/aromatic N) is 3. The van der Waals surface area contributed by atoms with E-state index in [0.29, 0.717) is 34.7 Å². The van der Waals surface area contributed by atoms with Gasteiger partial charge in [-0.2, -0.15) is 0 Å². The van der Waals surface area contributed by atoms with Gasteiger partial charge in [-0.15, -0.1) is 0 Å². The lowest BCUT2D eigenvalue weighted by Gasteiger charge is -2.14. The minimum absolute atomic E-state index is 0.112. The first-order chi connectivity index (χ1) is 25.2. The molecule has 1 aromatic heterocycles. The van der Waals surface area contributed by atoms with E-state index < -0.39 is 0 Å². The maximum absolute atomic E-state index is 11.3. The number of thioether (sulfide) groups is 1. The monoisotopic (exact) mass is 699 g/mol. The summed E-state index contributed by atoms with van der Waals surface area (Å²) in [5.74, 6) is 2.80. The Morgan fingerprint density at radius 2 is 1.14 bits per heavy atom. The van der Waals surface area contributed by atoms with Crippen molar-refractivity contribution in [2.24, 2.45) is 0 Å². The maximum Gasteiger partial charge on any atom is 0.191 e. The zero-order valence-electron chi connectivity index (χ0n) is 30.5. The standard InChI is InChI=1S/C45H53N3O2S/c1-3-5-7-9-10-11-12-13-14-19-29-50-34-26-28-39(42(49)31-34)43-46-44(48-45(47-43)51-30-20-8-6-4-2)41-32-40-35-22-16-15-21-33(35)25-27-38(40)36-23-17-18-24-37(36)41/h15-18,21-28,31-32,49H,3-14,19-20,29-30H2,1-2H3. The number of phenols is 1. The van der Waals surface area contributed by atoms with Gasteiger partial charge in [0.05, 0.1) is 12.2 Å². The highest BCUT2D eigenvalue weighted by atomic mass is 32.2. The van der Waals surface area contributed by atoms with Crippen LogP contribution in [0.3, 0.4) is 0 Å². The number of unbranched alkanes of at least 4 members (excludes halogenated alkanes) is 12. The number of ether oxygens (including phenoxy) is 1. The number of benzene rings is 5. The van der Waals surface area contributed by atoms with Crippen molar-refractivity contribution >= 4 is 44.1 Å². The number of hydrogen-bond acceptors (Lipinski definition) is 6. The van der Waals surface area contributed by atoms with Crippen LogP contribution in [-0.2, 0) is 0 Å². The summed E-state index contributed by atoms with van der Waals surface area (Å²) in [6.45, 7) is 5.15. The highest BCUT2D eigenvalue weighted by Gasteiger charge is 2.18. The molecule has 0 aliphatic rings. The summed E-state index contributed by atoms with van der Waals surface area (Å²) >= 11 is 1.67. The van der Waals surface area contributed by atoms with Gasteiger partial charge in [0.15, 0.2) is 16.8 Å². The molecule has 6 heteroatoms. The molecule has 0 saturated heterocycles. The molecule has 6 rings (SSSR count). The Kier molecular flexibility index (Phi) is 13.6. The third-order valence-corrected chi connectivity index (χ3v) is 10.8. The molecule has 0 bridgehead atoms. The summed E-state index contributed by atoms with van der Waals surface area (Å²) < 4.78 is 6.06. The molecule has 0 radical (unpaired) electrons. The number of phenolic OH excluding ortho intramolecular Hbond substituents is 1. The van der Waals surface area contributed by atoms with E-state index in [4.69, 9.17) is 19.7 Å². The molecule has 51 heavy (non-hydrogen) atoms. The normalized spacial score (nSPS) is 11.6. The Labute approximate surface area is 308 Å². The second-order valence-electron chi connectivity index (χ2n) is 13.7. The molecule has 0 unspecified atom stereocenters. The molecule has 5 aromatic carbocycles. The van der Waals surface area contributed by atoms with Gasteiger partial charge in [0, 0.05) is 17.4 Å².